The predicted molar refractivity (Wildman–Crippen MR) is 134 cm³/mol. The standard InChI is InChI=1S/C26H34N6O2/c1-2-13-30-15-17-31(18-16-30)14-5-10-28-25(33)20-32-26(34)23-7-4-3-6-22(23)24(29-32)19-21-8-11-27-12-9-21/h3-4,6-9,11-12H,2,5,10,13-20H2,1H3,(H,28,33). The Morgan fingerprint density at radius 1 is 0.971 bits per heavy atom. The highest BCUT2D eigenvalue weighted by molar-refractivity contribution is 5.84. The number of carbonyl (C=O) groups is 1. The van der Waals surface area contributed by atoms with E-state index in [9.17, 15) is 9.59 Å². The third-order valence-corrected chi connectivity index (χ3v) is 6.34. The van der Waals surface area contributed by atoms with Crippen molar-refractivity contribution < 1.29 is 4.79 Å². The third-order valence-electron chi connectivity index (χ3n) is 6.34. The van der Waals surface area contributed by atoms with Crippen molar-refractivity contribution in [3.63, 3.8) is 0 Å². The summed E-state index contributed by atoms with van der Waals surface area (Å²) in [5, 5.41) is 8.93. The lowest BCUT2D eigenvalue weighted by Gasteiger charge is -2.34. The highest BCUT2D eigenvalue weighted by Gasteiger charge is 2.16. The second-order valence-corrected chi connectivity index (χ2v) is 8.87. The van der Waals surface area contributed by atoms with Crippen molar-refractivity contribution in [3.8, 4) is 0 Å². The van der Waals surface area contributed by atoms with Crippen molar-refractivity contribution in [2.75, 3.05) is 45.8 Å². The number of hydrogen-bond acceptors (Lipinski definition) is 6. The fourth-order valence-corrected chi connectivity index (χ4v) is 4.51. The number of fused-ring (bicyclic) bond motifs is 1. The summed E-state index contributed by atoms with van der Waals surface area (Å²) >= 11 is 0. The summed E-state index contributed by atoms with van der Waals surface area (Å²) in [4.78, 5) is 34.6. The van der Waals surface area contributed by atoms with Gasteiger partial charge in [-0.2, -0.15) is 5.10 Å². The predicted octanol–water partition coefficient (Wildman–Crippen LogP) is 1.92. The minimum Gasteiger partial charge on any atom is -0.354 e. The number of hydrogen-bond donors (Lipinski definition) is 1. The molecule has 1 N–H and O–H groups in total. The van der Waals surface area contributed by atoms with Gasteiger partial charge in [0.15, 0.2) is 0 Å². The van der Waals surface area contributed by atoms with Gasteiger partial charge in [0.2, 0.25) is 5.91 Å². The molecule has 180 valence electrons. The van der Waals surface area contributed by atoms with Gasteiger partial charge in [-0.3, -0.25) is 14.6 Å². The fourth-order valence-electron chi connectivity index (χ4n) is 4.51. The number of carbonyl (C=O) groups excluding carboxylic acids is 1. The van der Waals surface area contributed by atoms with Crippen molar-refractivity contribution in [2.45, 2.75) is 32.7 Å². The maximum absolute atomic E-state index is 13.0. The van der Waals surface area contributed by atoms with Gasteiger partial charge in [0.05, 0.1) is 11.1 Å². The summed E-state index contributed by atoms with van der Waals surface area (Å²) in [7, 11) is 0. The zero-order valence-corrected chi connectivity index (χ0v) is 19.9. The number of piperazine rings is 1. The van der Waals surface area contributed by atoms with Crippen molar-refractivity contribution in [1.82, 2.24) is 29.9 Å². The van der Waals surface area contributed by atoms with Gasteiger partial charge in [-0.1, -0.05) is 25.1 Å². The Bertz CT molecular complexity index is 1140. The number of rotatable bonds is 10. The van der Waals surface area contributed by atoms with Crippen LogP contribution in [0.25, 0.3) is 10.8 Å². The number of nitrogens with one attached hydrogen (secondary N) is 1. The van der Waals surface area contributed by atoms with E-state index in [1.807, 2.05) is 30.3 Å². The molecule has 8 nitrogen and oxygen atoms in total. The summed E-state index contributed by atoms with van der Waals surface area (Å²) in [5.41, 5.74) is 1.59. The normalized spacial score (nSPS) is 15.0. The smallest absolute Gasteiger partial charge is 0.275 e. The fraction of sp³-hybridized carbons (Fsp3) is 0.462. The lowest BCUT2D eigenvalue weighted by molar-refractivity contribution is -0.121. The summed E-state index contributed by atoms with van der Waals surface area (Å²) in [6.07, 6.45) is 6.15. The molecule has 3 heterocycles. The lowest BCUT2D eigenvalue weighted by Crippen LogP contribution is -2.47. The first-order chi connectivity index (χ1) is 16.6. The van der Waals surface area contributed by atoms with Crippen molar-refractivity contribution >= 4 is 16.7 Å². The summed E-state index contributed by atoms with van der Waals surface area (Å²) in [6.45, 7) is 9.31. The van der Waals surface area contributed by atoms with Crippen LogP contribution >= 0.6 is 0 Å². The molecular weight excluding hydrogens is 428 g/mol. The van der Waals surface area contributed by atoms with Gasteiger partial charge in [-0.15, -0.1) is 0 Å². The van der Waals surface area contributed by atoms with Crippen LogP contribution in [0.5, 0.6) is 0 Å². The zero-order chi connectivity index (χ0) is 23.8. The van der Waals surface area contributed by atoms with E-state index in [4.69, 9.17) is 0 Å². The first kappa shape index (κ1) is 24.0. The van der Waals surface area contributed by atoms with Gasteiger partial charge in [-0.25, -0.2) is 4.68 Å². The highest BCUT2D eigenvalue weighted by atomic mass is 16.2. The maximum atomic E-state index is 13.0. The molecule has 0 bridgehead atoms. The quantitative estimate of drug-likeness (QED) is 0.464. The van der Waals surface area contributed by atoms with Crippen LogP contribution in [0.3, 0.4) is 0 Å². The third kappa shape index (κ3) is 6.27. The minimum absolute atomic E-state index is 0.0806. The van der Waals surface area contributed by atoms with Crippen molar-refractivity contribution in [2.24, 2.45) is 0 Å². The molecule has 1 aromatic carbocycles. The maximum Gasteiger partial charge on any atom is 0.275 e. The Hall–Kier alpha value is -3.10. The van der Waals surface area contributed by atoms with Crippen LogP contribution in [-0.4, -0.2) is 76.3 Å². The molecule has 4 rings (SSSR count). The molecule has 1 saturated heterocycles. The number of aromatic nitrogens is 3. The van der Waals surface area contributed by atoms with E-state index in [-0.39, 0.29) is 18.0 Å². The van der Waals surface area contributed by atoms with Gasteiger partial charge in [0.25, 0.3) is 5.56 Å². The Labute approximate surface area is 200 Å². The van der Waals surface area contributed by atoms with Crippen LogP contribution < -0.4 is 10.9 Å². The van der Waals surface area contributed by atoms with Gasteiger partial charge < -0.3 is 15.1 Å². The molecule has 0 spiro atoms. The Morgan fingerprint density at radius 3 is 2.35 bits per heavy atom. The average molecular weight is 463 g/mol. The van der Waals surface area contributed by atoms with Crippen molar-refractivity contribution in [3.05, 3.63) is 70.4 Å². The molecule has 2 aromatic heterocycles. The largest absolute Gasteiger partial charge is 0.354 e. The van der Waals surface area contributed by atoms with Gasteiger partial charge in [0.1, 0.15) is 6.54 Å². The first-order valence-corrected chi connectivity index (χ1v) is 12.2. The van der Waals surface area contributed by atoms with Crippen LogP contribution in [0, 0.1) is 0 Å². The second-order valence-electron chi connectivity index (χ2n) is 8.87. The highest BCUT2D eigenvalue weighted by Crippen LogP contribution is 2.16. The SMILES string of the molecule is CCCN1CCN(CCCNC(=O)Cn2nc(Cc3ccncc3)c3ccccc3c2=O)CC1. The van der Waals surface area contributed by atoms with Gasteiger partial charge in [-0.05, 0) is 49.7 Å². The molecule has 34 heavy (non-hydrogen) atoms. The van der Waals surface area contributed by atoms with Crippen molar-refractivity contribution in [1.29, 1.82) is 0 Å². The molecule has 1 aliphatic heterocycles. The van der Waals surface area contributed by atoms with Gasteiger partial charge in [0, 0.05) is 56.9 Å². The molecule has 3 aromatic rings. The van der Waals surface area contributed by atoms with Crippen LogP contribution in [0.4, 0.5) is 0 Å². The number of benzene rings is 1. The van der Waals surface area contributed by atoms with E-state index in [2.05, 4.69) is 32.1 Å². The summed E-state index contributed by atoms with van der Waals surface area (Å²) < 4.78 is 1.29. The minimum atomic E-state index is -0.242. The molecule has 0 unspecified atom stereocenters. The van der Waals surface area contributed by atoms with Crippen LogP contribution in [0.15, 0.2) is 53.6 Å². The molecule has 0 saturated carbocycles. The lowest BCUT2D eigenvalue weighted by atomic mass is 10.1. The number of pyridine rings is 1. The Balaban J connectivity index is 1.34. The van der Waals surface area contributed by atoms with E-state index in [0.29, 0.717) is 18.4 Å². The van der Waals surface area contributed by atoms with E-state index in [1.165, 1.54) is 17.6 Å². The van der Waals surface area contributed by atoms with Crippen LogP contribution in [-0.2, 0) is 17.8 Å². The van der Waals surface area contributed by atoms with Gasteiger partial charge >= 0.3 is 0 Å². The molecule has 1 fully saturated rings. The van der Waals surface area contributed by atoms with E-state index < -0.39 is 0 Å². The van der Waals surface area contributed by atoms with E-state index in [0.717, 1.165) is 55.8 Å². The summed E-state index contributed by atoms with van der Waals surface area (Å²) in [5.74, 6) is -0.187. The second kappa shape index (κ2) is 11.9. The monoisotopic (exact) mass is 462 g/mol. The number of amides is 1. The first-order valence-electron chi connectivity index (χ1n) is 12.2. The molecule has 0 aliphatic carbocycles. The van der Waals surface area contributed by atoms with Crippen LogP contribution in [0.1, 0.15) is 31.0 Å². The summed E-state index contributed by atoms with van der Waals surface area (Å²) in [6, 6.07) is 11.3. The molecule has 8 heteroatoms. The molecule has 0 atom stereocenters. The Morgan fingerprint density at radius 2 is 1.65 bits per heavy atom. The molecular formula is C26H34N6O2. The Kier molecular flexibility index (Phi) is 8.38. The molecule has 1 amide bonds. The van der Waals surface area contributed by atoms with Crippen LogP contribution in [0.2, 0.25) is 0 Å². The molecule has 0 radical (unpaired) electrons. The zero-order valence-electron chi connectivity index (χ0n) is 19.9. The molecule has 1 aliphatic rings. The number of nitrogens with zero attached hydrogens (tertiary/aromatic N) is 5. The van der Waals surface area contributed by atoms with E-state index in [1.54, 1.807) is 18.5 Å². The average Bonchev–Trinajstić information content (AvgIpc) is 2.86. The topological polar surface area (TPSA) is 83.4 Å². The van der Waals surface area contributed by atoms with E-state index >= 15 is 0 Å².